The molecule has 0 aliphatic rings. The quantitative estimate of drug-likeness (QED) is 0.656. The summed E-state index contributed by atoms with van der Waals surface area (Å²) in [5, 5.41) is 17.6. The van der Waals surface area contributed by atoms with Gasteiger partial charge in [0.05, 0.1) is 17.5 Å². The second kappa shape index (κ2) is 6.84. The molecular weight excluding hydrogens is 284 g/mol. The number of aromatic nitrogens is 2. The van der Waals surface area contributed by atoms with Gasteiger partial charge in [-0.3, -0.25) is 14.9 Å². The molecule has 2 rings (SSSR count). The van der Waals surface area contributed by atoms with E-state index in [1.54, 1.807) is 29.1 Å². The Bertz CT molecular complexity index is 662. The van der Waals surface area contributed by atoms with Crippen LogP contribution in [0.25, 0.3) is 0 Å². The predicted molar refractivity (Wildman–Crippen MR) is 82.5 cm³/mol. The zero-order chi connectivity index (χ0) is 16.1. The number of nitro groups is 1. The van der Waals surface area contributed by atoms with Crippen molar-refractivity contribution in [1.82, 2.24) is 9.78 Å². The molecule has 116 valence electrons. The molecule has 1 aromatic carbocycles. The molecule has 0 fully saturated rings. The maximum absolute atomic E-state index is 12.1. The molecule has 1 amide bonds. The van der Waals surface area contributed by atoms with Gasteiger partial charge in [-0.1, -0.05) is 26.0 Å². The summed E-state index contributed by atoms with van der Waals surface area (Å²) in [6, 6.07) is 7.71. The number of benzene rings is 1. The number of hydrogen-bond acceptors (Lipinski definition) is 4. The number of anilines is 1. The Kier molecular flexibility index (Phi) is 4.88. The van der Waals surface area contributed by atoms with E-state index < -0.39 is 4.92 Å². The zero-order valence-corrected chi connectivity index (χ0v) is 12.5. The topological polar surface area (TPSA) is 90.1 Å². The van der Waals surface area contributed by atoms with Gasteiger partial charge in [0.25, 0.3) is 5.69 Å². The lowest BCUT2D eigenvalue weighted by atomic mass is 10.1. The van der Waals surface area contributed by atoms with Crippen LogP contribution in [0, 0.1) is 16.0 Å². The van der Waals surface area contributed by atoms with Crippen molar-refractivity contribution in [3.8, 4) is 0 Å². The summed E-state index contributed by atoms with van der Waals surface area (Å²) in [7, 11) is 0. The minimum Gasteiger partial charge on any atom is -0.311 e. The zero-order valence-electron chi connectivity index (χ0n) is 12.5. The van der Waals surface area contributed by atoms with Crippen molar-refractivity contribution in [3.63, 3.8) is 0 Å². The van der Waals surface area contributed by atoms with Crippen LogP contribution in [-0.4, -0.2) is 20.6 Å². The summed E-state index contributed by atoms with van der Waals surface area (Å²) in [5.41, 5.74) is 0.734. The van der Waals surface area contributed by atoms with Gasteiger partial charge < -0.3 is 5.32 Å². The number of rotatable bonds is 6. The number of hydrogen-bond donors (Lipinski definition) is 1. The second-order valence-corrected chi connectivity index (χ2v) is 5.44. The molecule has 0 saturated carbocycles. The third-order valence-corrected chi connectivity index (χ3v) is 3.03. The van der Waals surface area contributed by atoms with Gasteiger partial charge in [0, 0.05) is 24.7 Å². The second-order valence-electron chi connectivity index (χ2n) is 5.44. The van der Waals surface area contributed by atoms with Gasteiger partial charge in [0.2, 0.25) is 5.91 Å². The molecule has 1 aromatic heterocycles. The Morgan fingerprint density at radius 3 is 2.59 bits per heavy atom. The summed E-state index contributed by atoms with van der Waals surface area (Å²) in [6.45, 7) is 4.87. The van der Waals surface area contributed by atoms with Crippen LogP contribution in [0.15, 0.2) is 36.5 Å². The Hall–Kier alpha value is -2.70. The Morgan fingerprint density at radius 2 is 2.00 bits per heavy atom. The highest BCUT2D eigenvalue weighted by Gasteiger charge is 2.10. The van der Waals surface area contributed by atoms with Gasteiger partial charge in [-0.2, -0.15) is 5.10 Å². The van der Waals surface area contributed by atoms with Crippen LogP contribution in [-0.2, 0) is 17.8 Å². The van der Waals surface area contributed by atoms with Crippen molar-refractivity contribution in [2.24, 2.45) is 5.92 Å². The SMILES string of the molecule is CC(C)Cn1nccc1NC(=O)Cc1ccc([N+](=O)[O-])cc1. The fourth-order valence-corrected chi connectivity index (χ4v) is 2.04. The minimum atomic E-state index is -0.464. The maximum Gasteiger partial charge on any atom is 0.269 e. The highest BCUT2D eigenvalue weighted by atomic mass is 16.6. The van der Waals surface area contributed by atoms with Gasteiger partial charge in [-0.05, 0) is 11.5 Å². The van der Waals surface area contributed by atoms with Gasteiger partial charge in [0.15, 0.2) is 0 Å². The highest BCUT2D eigenvalue weighted by Crippen LogP contribution is 2.14. The molecule has 1 N–H and O–H groups in total. The fourth-order valence-electron chi connectivity index (χ4n) is 2.04. The van der Waals surface area contributed by atoms with Crippen molar-refractivity contribution in [1.29, 1.82) is 0 Å². The monoisotopic (exact) mass is 302 g/mol. The molecule has 0 aliphatic heterocycles. The van der Waals surface area contributed by atoms with Crippen LogP contribution in [0.1, 0.15) is 19.4 Å². The van der Waals surface area contributed by atoms with Crippen molar-refractivity contribution in [2.45, 2.75) is 26.8 Å². The molecule has 22 heavy (non-hydrogen) atoms. The summed E-state index contributed by atoms with van der Waals surface area (Å²) >= 11 is 0. The molecule has 2 aromatic rings. The molecule has 0 aliphatic carbocycles. The molecule has 0 atom stereocenters. The third-order valence-electron chi connectivity index (χ3n) is 3.03. The van der Waals surface area contributed by atoms with E-state index in [4.69, 9.17) is 0 Å². The molecule has 0 radical (unpaired) electrons. The van der Waals surface area contributed by atoms with Crippen molar-refractivity contribution < 1.29 is 9.72 Å². The van der Waals surface area contributed by atoms with E-state index in [2.05, 4.69) is 24.3 Å². The van der Waals surface area contributed by atoms with Gasteiger partial charge in [0.1, 0.15) is 5.82 Å². The largest absolute Gasteiger partial charge is 0.311 e. The van der Waals surface area contributed by atoms with Crippen LogP contribution < -0.4 is 5.32 Å². The number of nitro benzene ring substituents is 1. The van der Waals surface area contributed by atoms with E-state index in [0.717, 1.165) is 12.1 Å². The molecule has 0 saturated heterocycles. The smallest absolute Gasteiger partial charge is 0.269 e. The van der Waals surface area contributed by atoms with Crippen LogP contribution in [0.4, 0.5) is 11.5 Å². The Balaban J connectivity index is 1.98. The number of carbonyl (C=O) groups excluding carboxylic acids is 1. The Morgan fingerprint density at radius 1 is 1.32 bits per heavy atom. The van der Waals surface area contributed by atoms with E-state index in [-0.39, 0.29) is 18.0 Å². The average Bonchev–Trinajstić information content (AvgIpc) is 2.85. The lowest BCUT2D eigenvalue weighted by Crippen LogP contribution is -2.18. The molecule has 0 unspecified atom stereocenters. The van der Waals surface area contributed by atoms with Crippen molar-refractivity contribution in [3.05, 3.63) is 52.2 Å². The normalized spacial score (nSPS) is 10.7. The van der Waals surface area contributed by atoms with Gasteiger partial charge in [-0.25, -0.2) is 4.68 Å². The van der Waals surface area contributed by atoms with E-state index in [1.807, 2.05) is 0 Å². The van der Waals surface area contributed by atoms with Crippen LogP contribution in [0.2, 0.25) is 0 Å². The summed E-state index contributed by atoms with van der Waals surface area (Å²) in [4.78, 5) is 22.2. The number of nitrogens with zero attached hydrogens (tertiary/aromatic N) is 3. The van der Waals surface area contributed by atoms with E-state index in [1.165, 1.54) is 12.1 Å². The molecule has 7 nitrogen and oxygen atoms in total. The third kappa shape index (κ3) is 4.15. The molecular formula is C15H18N4O3. The summed E-state index contributed by atoms with van der Waals surface area (Å²) in [5.74, 6) is 0.894. The number of amides is 1. The van der Waals surface area contributed by atoms with Crippen LogP contribution in [0.5, 0.6) is 0 Å². The van der Waals surface area contributed by atoms with Crippen LogP contribution >= 0.6 is 0 Å². The maximum atomic E-state index is 12.1. The summed E-state index contributed by atoms with van der Waals surface area (Å²) in [6.07, 6.45) is 1.80. The first-order chi connectivity index (χ1) is 10.5. The molecule has 7 heteroatoms. The summed E-state index contributed by atoms with van der Waals surface area (Å²) < 4.78 is 1.75. The molecule has 0 spiro atoms. The number of carbonyl (C=O) groups is 1. The van der Waals surface area contributed by atoms with E-state index in [0.29, 0.717) is 11.7 Å². The number of non-ortho nitro benzene ring substituents is 1. The van der Waals surface area contributed by atoms with Crippen molar-refractivity contribution >= 4 is 17.4 Å². The first-order valence-corrected chi connectivity index (χ1v) is 7.00. The average molecular weight is 302 g/mol. The van der Waals surface area contributed by atoms with E-state index >= 15 is 0 Å². The fraction of sp³-hybridized carbons (Fsp3) is 0.333. The van der Waals surface area contributed by atoms with E-state index in [9.17, 15) is 14.9 Å². The standard InChI is InChI=1S/C15H18N4O3/c1-11(2)10-18-14(7-8-16-18)17-15(20)9-12-3-5-13(6-4-12)19(21)22/h3-8,11H,9-10H2,1-2H3,(H,17,20). The first-order valence-electron chi connectivity index (χ1n) is 7.00. The van der Waals surface area contributed by atoms with Gasteiger partial charge in [-0.15, -0.1) is 0 Å². The molecule has 0 bridgehead atoms. The lowest BCUT2D eigenvalue weighted by molar-refractivity contribution is -0.384. The molecule has 1 heterocycles. The van der Waals surface area contributed by atoms with Gasteiger partial charge >= 0.3 is 0 Å². The van der Waals surface area contributed by atoms with Crippen LogP contribution in [0.3, 0.4) is 0 Å². The number of nitrogens with one attached hydrogen (secondary N) is 1. The minimum absolute atomic E-state index is 0.0131. The Labute approximate surface area is 128 Å². The van der Waals surface area contributed by atoms with Crippen molar-refractivity contribution in [2.75, 3.05) is 5.32 Å². The highest BCUT2D eigenvalue weighted by molar-refractivity contribution is 5.91. The lowest BCUT2D eigenvalue weighted by Gasteiger charge is -2.10. The predicted octanol–water partition coefficient (Wildman–Crippen LogP) is 2.63. The first kappa shape index (κ1) is 15.7.